The van der Waals surface area contributed by atoms with Crippen LogP contribution in [0.5, 0.6) is 23.0 Å². The first kappa shape index (κ1) is 32.6. The predicted octanol–water partition coefficient (Wildman–Crippen LogP) is 9.06. The Morgan fingerprint density at radius 3 is 1.16 bits per heavy atom. The highest BCUT2D eigenvalue weighted by Crippen LogP contribution is 2.37. The minimum absolute atomic E-state index is 0.0393. The van der Waals surface area contributed by atoms with E-state index in [4.69, 9.17) is 0 Å². The molecular weight excluding hydrogens is 568 g/mol. The molecule has 6 heteroatoms. The number of rotatable bonds is 8. The predicted molar refractivity (Wildman–Crippen MR) is 182 cm³/mol. The lowest BCUT2D eigenvalue weighted by molar-refractivity contribution is 0.403. The number of benzene rings is 4. The zero-order valence-corrected chi connectivity index (χ0v) is 27.0. The van der Waals surface area contributed by atoms with Gasteiger partial charge in [-0.25, -0.2) is 0 Å². The van der Waals surface area contributed by atoms with Gasteiger partial charge in [-0.3, -0.25) is 4.21 Å². The third kappa shape index (κ3) is 8.00. The molecule has 44 heavy (non-hydrogen) atoms. The molecular formula is C38H42O5S. The highest BCUT2D eigenvalue weighted by molar-refractivity contribution is 7.85. The second-order valence-electron chi connectivity index (χ2n) is 13.1. The third-order valence-electron chi connectivity index (χ3n) is 7.64. The maximum atomic E-state index is 14.7. The standard InChI is InChI=1S/C38H42O5S/c1-37(2,3)29-15-11-27(12-16-29)35(21-9-25-7-19-31(39)33(41)23-25)44(43)36(22-10-26-8-20-32(40)34(42)24-26)28-13-17-30(18-14-28)38(4,5)6/h7-24,35-36,39-42H,1-6H3/b21-9+,22-10+. The van der Waals surface area contributed by atoms with Crippen molar-refractivity contribution in [1.82, 2.24) is 0 Å². The summed E-state index contributed by atoms with van der Waals surface area (Å²) in [5, 5.41) is 38.6. The lowest BCUT2D eigenvalue weighted by Gasteiger charge is -2.24. The summed E-state index contributed by atoms with van der Waals surface area (Å²) in [6.45, 7) is 12.9. The summed E-state index contributed by atoms with van der Waals surface area (Å²) in [6.07, 6.45) is 7.37. The number of hydrogen-bond donors (Lipinski definition) is 4. The summed E-state index contributed by atoms with van der Waals surface area (Å²) in [5.74, 6) is -0.860. The molecule has 4 N–H and O–H groups in total. The van der Waals surface area contributed by atoms with Crippen molar-refractivity contribution in [2.45, 2.75) is 62.9 Å². The Morgan fingerprint density at radius 1 is 0.523 bits per heavy atom. The van der Waals surface area contributed by atoms with E-state index in [1.54, 1.807) is 24.3 Å². The minimum atomic E-state index is -1.52. The van der Waals surface area contributed by atoms with Crippen molar-refractivity contribution in [1.29, 1.82) is 0 Å². The molecule has 0 amide bonds. The van der Waals surface area contributed by atoms with Gasteiger partial charge in [0.2, 0.25) is 0 Å². The number of phenols is 4. The highest BCUT2D eigenvalue weighted by atomic mass is 32.2. The normalized spacial score (nSPS) is 14.6. The topological polar surface area (TPSA) is 98.0 Å². The zero-order chi connectivity index (χ0) is 32.2. The van der Waals surface area contributed by atoms with Crippen LogP contribution in [-0.2, 0) is 21.6 Å². The van der Waals surface area contributed by atoms with Crippen LogP contribution in [0.4, 0.5) is 0 Å². The fourth-order valence-electron chi connectivity index (χ4n) is 4.83. The molecule has 0 aliphatic carbocycles. The highest BCUT2D eigenvalue weighted by Gasteiger charge is 2.26. The van der Waals surface area contributed by atoms with Gasteiger partial charge in [0.15, 0.2) is 23.0 Å². The van der Waals surface area contributed by atoms with Gasteiger partial charge in [0.25, 0.3) is 0 Å². The van der Waals surface area contributed by atoms with E-state index >= 15 is 0 Å². The summed E-state index contributed by atoms with van der Waals surface area (Å²) in [5.41, 5.74) is 5.33. The first-order valence-corrected chi connectivity index (χ1v) is 15.9. The molecule has 4 aromatic carbocycles. The molecule has 4 aromatic rings. The molecule has 230 valence electrons. The summed E-state index contributed by atoms with van der Waals surface area (Å²) >= 11 is 0. The first-order valence-electron chi connectivity index (χ1n) is 14.6. The molecule has 0 fully saturated rings. The van der Waals surface area contributed by atoms with E-state index < -0.39 is 21.3 Å². The molecule has 0 bridgehead atoms. The van der Waals surface area contributed by atoms with Gasteiger partial charge >= 0.3 is 0 Å². The lowest BCUT2D eigenvalue weighted by Crippen LogP contribution is -2.15. The quantitative estimate of drug-likeness (QED) is 0.149. The Hall–Kier alpha value is -4.29. The molecule has 0 saturated heterocycles. The van der Waals surface area contributed by atoms with Crippen molar-refractivity contribution in [2.75, 3.05) is 0 Å². The van der Waals surface area contributed by atoms with Crippen molar-refractivity contribution >= 4 is 23.0 Å². The monoisotopic (exact) mass is 610 g/mol. The molecule has 2 unspecified atom stereocenters. The maximum absolute atomic E-state index is 14.7. The van der Waals surface area contributed by atoms with Crippen molar-refractivity contribution in [3.05, 3.63) is 130 Å². The van der Waals surface area contributed by atoms with Gasteiger partial charge in [0.05, 0.1) is 10.5 Å². The minimum Gasteiger partial charge on any atom is -0.504 e. The Morgan fingerprint density at radius 2 is 0.864 bits per heavy atom. The van der Waals surface area contributed by atoms with Crippen LogP contribution in [0.2, 0.25) is 0 Å². The summed E-state index contributed by atoms with van der Waals surface area (Å²) in [4.78, 5) is 0. The molecule has 0 saturated carbocycles. The van der Waals surface area contributed by atoms with E-state index in [1.165, 1.54) is 35.4 Å². The molecule has 0 spiro atoms. The average Bonchev–Trinajstić information content (AvgIpc) is 2.96. The Labute approximate surface area is 263 Å². The van der Waals surface area contributed by atoms with Crippen LogP contribution in [0.1, 0.15) is 85.4 Å². The molecule has 2 atom stereocenters. The van der Waals surface area contributed by atoms with E-state index in [0.29, 0.717) is 11.1 Å². The first-order chi connectivity index (χ1) is 20.6. The third-order valence-corrected chi connectivity index (χ3v) is 9.50. The van der Waals surface area contributed by atoms with Gasteiger partial charge in [0, 0.05) is 10.8 Å². The van der Waals surface area contributed by atoms with Crippen LogP contribution >= 0.6 is 0 Å². The lowest BCUT2D eigenvalue weighted by atomic mass is 9.86. The van der Waals surface area contributed by atoms with Gasteiger partial charge in [-0.15, -0.1) is 0 Å². The van der Waals surface area contributed by atoms with Crippen LogP contribution < -0.4 is 0 Å². The largest absolute Gasteiger partial charge is 0.504 e. The summed E-state index contributed by atoms with van der Waals surface area (Å²) < 4.78 is 14.7. The van der Waals surface area contributed by atoms with Gasteiger partial charge in [-0.1, -0.05) is 127 Å². The molecule has 0 aliphatic heterocycles. The molecule has 4 rings (SSSR count). The van der Waals surface area contributed by atoms with E-state index in [9.17, 15) is 24.6 Å². The number of hydrogen-bond acceptors (Lipinski definition) is 5. The van der Waals surface area contributed by atoms with Crippen LogP contribution in [0.3, 0.4) is 0 Å². The summed E-state index contributed by atoms with van der Waals surface area (Å²) in [6, 6.07) is 25.5. The average molecular weight is 611 g/mol. The SMILES string of the molecule is CC(C)(C)c1ccc(C(/C=C/c2ccc(O)c(O)c2)S(=O)C(/C=C/c2ccc(O)c(O)c2)c2ccc(C(C)(C)C)cc2)cc1. The van der Waals surface area contributed by atoms with Crippen LogP contribution in [-0.4, -0.2) is 24.6 Å². The fourth-order valence-corrected chi connectivity index (χ4v) is 6.47. The van der Waals surface area contributed by atoms with Crippen molar-refractivity contribution in [3.63, 3.8) is 0 Å². The second kappa shape index (κ2) is 13.1. The zero-order valence-electron chi connectivity index (χ0n) is 26.2. The van der Waals surface area contributed by atoms with Crippen molar-refractivity contribution in [3.8, 4) is 23.0 Å². The Bertz CT molecular complexity index is 1550. The van der Waals surface area contributed by atoms with Crippen molar-refractivity contribution < 1.29 is 24.6 Å². The molecule has 0 aromatic heterocycles. The van der Waals surface area contributed by atoms with Gasteiger partial charge in [-0.05, 0) is 68.5 Å². The number of aromatic hydroxyl groups is 4. The number of phenolic OH excluding ortho intramolecular Hbond substituents is 4. The summed E-state index contributed by atoms with van der Waals surface area (Å²) in [7, 11) is -1.52. The molecule has 5 nitrogen and oxygen atoms in total. The van der Waals surface area contributed by atoms with Gasteiger partial charge < -0.3 is 20.4 Å². The van der Waals surface area contributed by atoms with Gasteiger partial charge in [0.1, 0.15) is 0 Å². The van der Waals surface area contributed by atoms with E-state index in [-0.39, 0.29) is 33.8 Å². The smallest absolute Gasteiger partial charge is 0.157 e. The second-order valence-corrected chi connectivity index (χ2v) is 14.8. The molecule has 0 radical (unpaired) electrons. The Balaban J connectivity index is 1.82. The van der Waals surface area contributed by atoms with E-state index in [1.807, 2.05) is 36.4 Å². The van der Waals surface area contributed by atoms with Crippen LogP contribution in [0, 0.1) is 0 Å². The van der Waals surface area contributed by atoms with Crippen LogP contribution in [0.25, 0.3) is 12.2 Å². The fraction of sp³-hybridized carbons (Fsp3) is 0.263. The van der Waals surface area contributed by atoms with E-state index in [2.05, 4.69) is 65.8 Å². The van der Waals surface area contributed by atoms with Crippen LogP contribution in [0.15, 0.2) is 97.1 Å². The van der Waals surface area contributed by atoms with Crippen molar-refractivity contribution in [2.24, 2.45) is 0 Å². The molecule has 0 aliphatic rings. The van der Waals surface area contributed by atoms with E-state index in [0.717, 1.165) is 11.1 Å². The Kier molecular flexibility index (Phi) is 9.75. The molecule has 0 heterocycles. The van der Waals surface area contributed by atoms with Gasteiger partial charge in [-0.2, -0.15) is 0 Å². The maximum Gasteiger partial charge on any atom is 0.157 e.